The number of benzene rings is 1. The molecule has 14 heavy (non-hydrogen) atoms. The minimum absolute atomic E-state index is 0.0575. The summed E-state index contributed by atoms with van der Waals surface area (Å²) >= 11 is 0. The molecule has 0 atom stereocenters. The summed E-state index contributed by atoms with van der Waals surface area (Å²) < 4.78 is 32.9. The van der Waals surface area contributed by atoms with Gasteiger partial charge in [-0.05, 0) is 12.1 Å². The first kappa shape index (κ1) is 10.5. The number of alkyl halides is 2. The fourth-order valence-electron chi connectivity index (χ4n) is 0.955. The SMILES string of the molecule is COc1ccc(NN)cc1OC(F)F. The van der Waals surface area contributed by atoms with E-state index in [9.17, 15) is 8.78 Å². The van der Waals surface area contributed by atoms with Gasteiger partial charge in [0, 0.05) is 6.07 Å². The molecule has 0 fully saturated rings. The van der Waals surface area contributed by atoms with E-state index in [4.69, 9.17) is 10.6 Å². The van der Waals surface area contributed by atoms with E-state index in [0.717, 1.165) is 0 Å². The lowest BCUT2D eigenvalue weighted by Crippen LogP contribution is -2.08. The van der Waals surface area contributed by atoms with Crippen LogP contribution in [-0.4, -0.2) is 13.7 Å². The van der Waals surface area contributed by atoms with Crippen LogP contribution in [0.5, 0.6) is 11.5 Å². The fourth-order valence-corrected chi connectivity index (χ4v) is 0.955. The van der Waals surface area contributed by atoms with Crippen LogP contribution in [0, 0.1) is 0 Å². The molecule has 3 N–H and O–H groups in total. The van der Waals surface area contributed by atoms with Crippen molar-refractivity contribution in [2.24, 2.45) is 5.84 Å². The summed E-state index contributed by atoms with van der Waals surface area (Å²) in [4.78, 5) is 0. The molecule has 1 aromatic rings. The largest absolute Gasteiger partial charge is 0.493 e. The molecule has 78 valence electrons. The fraction of sp³-hybridized carbons (Fsp3) is 0.250. The van der Waals surface area contributed by atoms with Crippen LogP contribution in [0.25, 0.3) is 0 Å². The third-order valence-corrected chi connectivity index (χ3v) is 1.55. The van der Waals surface area contributed by atoms with Crippen molar-refractivity contribution < 1.29 is 18.3 Å². The zero-order chi connectivity index (χ0) is 10.6. The van der Waals surface area contributed by atoms with Crippen molar-refractivity contribution in [1.82, 2.24) is 0 Å². The molecule has 0 heterocycles. The highest BCUT2D eigenvalue weighted by Crippen LogP contribution is 2.30. The minimum Gasteiger partial charge on any atom is -0.493 e. The quantitative estimate of drug-likeness (QED) is 0.577. The Bertz CT molecular complexity index is 307. The van der Waals surface area contributed by atoms with Gasteiger partial charge < -0.3 is 14.9 Å². The number of hydrogen-bond donors (Lipinski definition) is 2. The van der Waals surface area contributed by atoms with Gasteiger partial charge in [-0.2, -0.15) is 8.78 Å². The monoisotopic (exact) mass is 204 g/mol. The molecule has 0 radical (unpaired) electrons. The van der Waals surface area contributed by atoms with Crippen molar-refractivity contribution in [2.75, 3.05) is 12.5 Å². The zero-order valence-electron chi connectivity index (χ0n) is 7.46. The molecule has 0 unspecified atom stereocenters. The van der Waals surface area contributed by atoms with Gasteiger partial charge in [0.2, 0.25) is 0 Å². The van der Waals surface area contributed by atoms with E-state index in [1.807, 2.05) is 0 Å². The van der Waals surface area contributed by atoms with Crippen molar-refractivity contribution in [1.29, 1.82) is 0 Å². The van der Waals surface area contributed by atoms with Gasteiger partial charge in [-0.25, -0.2) is 0 Å². The first-order valence-electron chi connectivity index (χ1n) is 3.77. The molecule has 0 bridgehead atoms. The number of rotatable bonds is 4. The number of ether oxygens (including phenoxy) is 2. The number of methoxy groups -OCH3 is 1. The van der Waals surface area contributed by atoms with Gasteiger partial charge in [0.15, 0.2) is 11.5 Å². The van der Waals surface area contributed by atoms with Gasteiger partial charge in [-0.1, -0.05) is 0 Å². The molecule has 0 spiro atoms. The molecular weight excluding hydrogens is 194 g/mol. The second-order valence-corrected chi connectivity index (χ2v) is 2.39. The van der Waals surface area contributed by atoms with Crippen molar-refractivity contribution in [3.05, 3.63) is 18.2 Å². The van der Waals surface area contributed by atoms with Crippen LogP contribution < -0.4 is 20.7 Å². The molecule has 0 aliphatic carbocycles. The average Bonchev–Trinajstić information content (AvgIpc) is 2.16. The van der Waals surface area contributed by atoms with E-state index in [2.05, 4.69) is 10.2 Å². The van der Waals surface area contributed by atoms with Crippen LogP contribution in [0.3, 0.4) is 0 Å². The molecule has 1 aromatic carbocycles. The van der Waals surface area contributed by atoms with Crippen molar-refractivity contribution >= 4 is 5.69 Å². The number of nitrogens with two attached hydrogens (primary N) is 1. The Morgan fingerprint density at radius 1 is 1.36 bits per heavy atom. The maximum absolute atomic E-state index is 11.9. The van der Waals surface area contributed by atoms with Crippen LogP contribution in [0.1, 0.15) is 0 Å². The van der Waals surface area contributed by atoms with E-state index in [1.165, 1.54) is 19.2 Å². The molecule has 0 saturated carbocycles. The summed E-state index contributed by atoms with van der Waals surface area (Å²) in [5.74, 6) is 5.28. The summed E-state index contributed by atoms with van der Waals surface area (Å²) in [7, 11) is 1.36. The lowest BCUT2D eigenvalue weighted by Gasteiger charge is -2.10. The Hall–Kier alpha value is -1.56. The highest BCUT2D eigenvalue weighted by molar-refractivity contribution is 5.54. The third-order valence-electron chi connectivity index (χ3n) is 1.55. The maximum Gasteiger partial charge on any atom is 0.387 e. The lowest BCUT2D eigenvalue weighted by molar-refractivity contribution is -0.0511. The molecule has 0 aromatic heterocycles. The molecule has 0 aliphatic heterocycles. The minimum atomic E-state index is -2.89. The predicted octanol–water partition coefficient (Wildman–Crippen LogP) is 1.58. The Labute approximate surface area is 79.6 Å². The van der Waals surface area contributed by atoms with Crippen LogP contribution in [0.15, 0.2) is 18.2 Å². The summed E-state index contributed by atoms with van der Waals surface area (Å²) in [6, 6.07) is 4.38. The Kier molecular flexibility index (Phi) is 3.47. The number of hydrazine groups is 1. The summed E-state index contributed by atoms with van der Waals surface area (Å²) in [5, 5.41) is 0. The smallest absolute Gasteiger partial charge is 0.387 e. The summed E-state index contributed by atoms with van der Waals surface area (Å²) in [6.07, 6.45) is 0. The second kappa shape index (κ2) is 4.61. The predicted molar refractivity (Wildman–Crippen MR) is 47.4 cm³/mol. The van der Waals surface area contributed by atoms with Crippen LogP contribution >= 0.6 is 0 Å². The number of anilines is 1. The first-order chi connectivity index (χ1) is 6.67. The van der Waals surface area contributed by atoms with Crippen molar-refractivity contribution in [3.63, 3.8) is 0 Å². The molecular formula is C8H10F2N2O2. The van der Waals surface area contributed by atoms with E-state index in [-0.39, 0.29) is 11.5 Å². The molecule has 4 nitrogen and oxygen atoms in total. The van der Waals surface area contributed by atoms with Crippen LogP contribution in [-0.2, 0) is 0 Å². The topological polar surface area (TPSA) is 56.5 Å². The van der Waals surface area contributed by atoms with Crippen LogP contribution in [0.2, 0.25) is 0 Å². The highest BCUT2D eigenvalue weighted by Gasteiger charge is 2.10. The van der Waals surface area contributed by atoms with E-state index in [0.29, 0.717) is 5.69 Å². The number of halogens is 2. The molecule has 0 saturated heterocycles. The van der Waals surface area contributed by atoms with Crippen molar-refractivity contribution in [3.8, 4) is 11.5 Å². The van der Waals surface area contributed by atoms with E-state index in [1.54, 1.807) is 6.07 Å². The number of nitrogens with one attached hydrogen (secondary N) is 1. The standard InChI is InChI=1S/C8H10F2N2O2/c1-13-6-3-2-5(12-11)4-7(6)14-8(9)10/h2-4,8,12H,11H2,1H3. The normalized spacial score (nSPS) is 10.1. The van der Waals surface area contributed by atoms with Gasteiger partial charge in [0.05, 0.1) is 12.8 Å². The Balaban J connectivity index is 2.96. The van der Waals surface area contributed by atoms with E-state index < -0.39 is 6.61 Å². The molecule has 0 amide bonds. The lowest BCUT2D eigenvalue weighted by atomic mass is 10.3. The first-order valence-corrected chi connectivity index (χ1v) is 3.77. The van der Waals surface area contributed by atoms with Crippen LogP contribution in [0.4, 0.5) is 14.5 Å². The van der Waals surface area contributed by atoms with Gasteiger partial charge in [0.1, 0.15) is 0 Å². The number of hydrogen-bond acceptors (Lipinski definition) is 4. The van der Waals surface area contributed by atoms with Gasteiger partial charge in [-0.3, -0.25) is 5.84 Å². The van der Waals surface area contributed by atoms with E-state index >= 15 is 0 Å². The number of nitrogen functional groups attached to an aromatic ring is 1. The molecule has 0 aliphatic rings. The van der Waals surface area contributed by atoms with Crippen molar-refractivity contribution in [2.45, 2.75) is 6.61 Å². The third kappa shape index (κ3) is 2.46. The van der Waals surface area contributed by atoms with Gasteiger partial charge >= 0.3 is 6.61 Å². The zero-order valence-corrected chi connectivity index (χ0v) is 7.46. The second-order valence-electron chi connectivity index (χ2n) is 2.39. The molecule has 6 heteroatoms. The van der Waals surface area contributed by atoms with Gasteiger partial charge in [-0.15, -0.1) is 0 Å². The maximum atomic E-state index is 11.9. The highest BCUT2D eigenvalue weighted by atomic mass is 19.3. The molecule has 1 rings (SSSR count). The Morgan fingerprint density at radius 3 is 2.57 bits per heavy atom. The summed E-state index contributed by atoms with van der Waals surface area (Å²) in [6.45, 7) is -2.89. The average molecular weight is 204 g/mol. The summed E-state index contributed by atoms with van der Waals surface area (Å²) in [5.41, 5.74) is 2.77. The van der Waals surface area contributed by atoms with Gasteiger partial charge in [0.25, 0.3) is 0 Å². The Morgan fingerprint density at radius 2 is 2.07 bits per heavy atom.